The van der Waals surface area contributed by atoms with E-state index in [1.165, 1.54) is 6.33 Å². The first-order valence-electron chi connectivity index (χ1n) is 5.95. The van der Waals surface area contributed by atoms with Gasteiger partial charge in [0.1, 0.15) is 18.0 Å². The molecule has 6 nitrogen and oxygen atoms in total. The van der Waals surface area contributed by atoms with Crippen LogP contribution in [0.5, 0.6) is 0 Å². The summed E-state index contributed by atoms with van der Waals surface area (Å²) in [7, 11) is 2.09. The summed E-state index contributed by atoms with van der Waals surface area (Å²) in [6, 6.07) is 0. The minimum Gasteiger partial charge on any atom is -0.368 e. The van der Waals surface area contributed by atoms with E-state index in [4.69, 9.17) is 5.84 Å². The summed E-state index contributed by atoms with van der Waals surface area (Å²) in [5, 5.41) is 3.32. The zero-order chi connectivity index (χ0) is 12.7. The molecule has 6 heteroatoms. The first-order valence-corrected chi connectivity index (χ1v) is 5.95. The van der Waals surface area contributed by atoms with Crippen molar-refractivity contribution in [2.24, 2.45) is 5.84 Å². The van der Waals surface area contributed by atoms with Crippen molar-refractivity contribution in [3.05, 3.63) is 11.9 Å². The molecule has 96 valence electrons. The Morgan fingerprint density at radius 1 is 1.29 bits per heavy atom. The average molecular weight is 238 g/mol. The number of aromatic nitrogens is 2. The number of nitrogens with two attached hydrogens (primary N) is 1. The van der Waals surface area contributed by atoms with E-state index in [0.717, 1.165) is 37.4 Å². The van der Waals surface area contributed by atoms with Gasteiger partial charge in [0.15, 0.2) is 0 Å². The lowest BCUT2D eigenvalue weighted by Crippen LogP contribution is -2.25. The fourth-order valence-electron chi connectivity index (χ4n) is 1.55. The summed E-state index contributed by atoms with van der Waals surface area (Å²) >= 11 is 0. The average Bonchev–Trinajstić information content (AvgIpc) is 2.37. The fourth-order valence-corrected chi connectivity index (χ4v) is 1.55. The van der Waals surface area contributed by atoms with Crippen molar-refractivity contribution in [1.82, 2.24) is 14.9 Å². The van der Waals surface area contributed by atoms with Crippen LogP contribution in [0.3, 0.4) is 0 Å². The van der Waals surface area contributed by atoms with E-state index in [-0.39, 0.29) is 0 Å². The van der Waals surface area contributed by atoms with E-state index in [1.54, 1.807) is 0 Å². The molecule has 0 atom stereocenters. The van der Waals surface area contributed by atoms with Crippen molar-refractivity contribution in [2.45, 2.75) is 20.3 Å². The van der Waals surface area contributed by atoms with Crippen molar-refractivity contribution in [3.8, 4) is 0 Å². The number of likely N-dealkylation sites (N-methyl/N-ethyl adjacent to an activating group) is 1. The summed E-state index contributed by atoms with van der Waals surface area (Å²) in [6.07, 6.45) is 2.35. The van der Waals surface area contributed by atoms with Crippen LogP contribution in [-0.4, -0.2) is 41.5 Å². The molecule has 1 heterocycles. The Hall–Kier alpha value is -1.40. The van der Waals surface area contributed by atoms with Crippen LogP contribution in [0.4, 0.5) is 11.6 Å². The Kier molecular flexibility index (Phi) is 5.65. The molecule has 0 aliphatic rings. The zero-order valence-corrected chi connectivity index (χ0v) is 10.8. The zero-order valence-electron chi connectivity index (χ0n) is 10.8. The molecule has 1 aromatic rings. The van der Waals surface area contributed by atoms with Gasteiger partial charge < -0.3 is 15.6 Å². The van der Waals surface area contributed by atoms with Crippen LogP contribution in [0.15, 0.2) is 6.33 Å². The van der Waals surface area contributed by atoms with Gasteiger partial charge >= 0.3 is 0 Å². The van der Waals surface area contributed by atoms with Crippen LogP contribution in [0.2, 0.25) is 0 Å². The number of anilines is 2. The largest absolute Gasteiger partial charge is 0.368 e. The Bertz CT molecular complexity index is 341. The molecule has 0 radical (unpaired) electrons. The highest BCUT2D eigenvalue weighted by molar-refractivity contribution is 5.56. The normalized spacial score (nSPS) is 10.6. The van der Waals surface area contributed by atoms with Gasteiger partial charge in [0.2, 0.25) is 0 Å². The molecule has 17 heavy (non-hydrogen) atoms. The summed E-state index contributed by atoms with van der Waals surface area (Å²) in [4.78, 5) is 10.6. The van der Waals surface area contributed by atoms with Crippen LogP contribution in [0.25, 0.3) is 0 Å². The minimum atomic E-state index is 0.689. The molecule has 1 rings (SSSR count). The number of hydrogen-bond acceptors (Lipinski definition) is 6. The standard InChI is InChI=1S/C11H22N6/c1-4-9-10(13-6-7-17(3)5-2)14-8-15-11(9)16-12/h8H,4-7,12H2,1-3H3,(H2,13,14,15,16). The van der Waals surface area contributed by atoms with Gasteiger partial charge in [-0.25, -0.2) is 15.8 Å². The lowest BCUT2D eigenvalue weighted by atomic mass is 10.2. The molecule has 0 saturated carbocycles. The van der Waals surface area contributed by atoms with Crippen LogP contribution in [-0.2, 0) is 6.42 Å². The number of hydrogen-bond donors (Lipinski definition) is 3. The first kappa shape index (κ1) is 13.7. The molecule has 1 aromatic heterocycles. The van der Waals surface area contributed by atoms with E-state index >= 15 is 0 Å². The smallest absolute Gasteiger partial charge is 0.148 e. The molecule has 0 saturated heterocycles. The Morgan fingerprint density at radius 2 is 2.00 bits per heavy atom. The minimum absolute atomic E-state index is 0.689. The lowest BCUT2D eigenvalue weighted by molar-refractivity contribution is 0.367. The predicted molar refractivity (Wildman–Crippen MR) is 70.9 cm³/mol. The Labute approximate surface area is 103 Å². The van der Waals surface area contributed by atoms with Gasteiger partial charge in [-0.15, -0.1) is 0 Å². The molecule has 0 spiro atoms. The highest BCUT2D eigenvalue weighted by Gasteiger charge is 2.08. The first-order chi connectivity index (χ1) is 8.22. The summed E-state index contributed by atoms with van der Waals surface area (Å²) in [5.41, 5.74) is 3.62. The fraction of sp³-hybridized carbons (Fsp3) is 0.636. The van der Waals surface area contributed by atoms with E-state index in [1.807, 2.05) is 0 Å². The molecule has 0 amide bonds. The Balaban J connectivity index is 2.64. The third-order valence-electron chi connectivity index (χ3n) is 2.76. The second-order valence-corrected chi connectivity index (χ2v) is 3.87. The van der Waals surface area contributed by atoms with E-state index < -0.39 is 0 Å². The third-order valence-corrected chi connectivity index (χ3v) is 2.76. The van der Waals surface area contributed by atoms with Crippen LogP contribution < -0.4 is 16.6 Å². The van der Waals surface area contributed by atoms with Crippen LogP contribution in [0.1, 0.15) is 19.4 Å². The molecule has 0 fully saturated rings. The third kappa shape index (κ3) is 3.83. The molecule has 4 N–H and O–H groups in total. The van der Waals surface area contributed by atoms with Gasteiger partial charge in [0.25, 0.3) is 0 Å². The van der Waals surface area contributed by atoms with Gasteiger partial charge in [-0.1, -0.05) is 13.8 Å². The molecular weight excluding hydrogens is 216 g/mol. The van der Waals surface area contributed by atoms with Crippen molar-refractivity contribution in [2.75, 3.05) is 37.4 Å². The maximum absolute atomic E-state index is 5.42. The van der Waals surface area contributed by atoms with Gasteiger partial charge in [0, 0.05) is 18.7 Å². The number of nitrogens with one attached hydrogen (secondary N) is 2. The van der Waals surface area contributed by atoms with Gasteiger partial charge in [-0.2, -0.15) is 0 Å². The van der Waals surface area contributed by atoms with Crippen molar-refractivity contribution < 1.29 is 0 Å². The molecule has 0 aliphatic carbocycles. The predicted octanol–water partition coefficient (Wildman–Crippen LogP) is 0.688. The van der Waals surface area contributed by atoms with Gasteiger partial charge in [-0.3, -0.25) is 0 Å². The van der Waals surface area contributed by atoms with E-state index in [0.29, 0.717) is 5.82 Å². The number of nitrogen functional groups attached to an aromatic ring is 1. The highest BCUT2D eigenvalue weighted by Crippen LogP contribution is 2.18. The highest BCUT2D eigenvalue weighted by atomic mass is 15.3. The lowest BCUT2D eigenvalue weighted by Gasteiger charge is -2.16. The second kappa shape index (κ2) is 7.03. The SMILES string of the molecule is CCc1c(NN)ncnc1NCCN(C)CC. The van der Waals surface area contributed by atoms with Crippen LogP contribution >= 0.6 is 0 Å². The second-order valence-electron chi connectivity index (χ2n) is 3.87. The maximum Gasteiger partial charge on any atom is 0.148 e. The van der Waals surface area contributed by atoms with E-state index in [2.05, 4.69) is 46.5 Å². The molecule has 0 bridgehead atoms. The summed E-state index contributed by atoms with van der Waals surface area (Å²) in [6.45, 7) is 7.08. The van der Waals surface area contributed by atoms with Crippen molar-refractivity contribution in [3.63, 3.8) is 0 Å². The molecular formula is C11H22N6. The van der Waals surface area contributed by atoms with Gasteiger partial charge in [-0.05, 0) is 20.0 Å². The Morgan fingerprint density at radius 3 is 2.59 bits per heavy atom. The van der Waals surface area contributed by atoms with Gasteiger partial charge in [0.05, 0.1) is 0 Å². The van der Waals surface area contributed by atoms with Crippen molar-refractivity contribution >= 4 is 11.6 Å². The number of rotatable bonds is 7. The van der Waals surface area contributed by atoms with Crippen LogP contribution in [0, 0.1) is 0 Å². The maximum atomic E-state index is 5.42. The quantitative estimate of drug-likeness (QED) is 0.479. The number of nitrogens with zero attached hydrogens (tertiary/aromatic N) is 3. The number of hydrazine groups is 1. The topological polar surface area (TPSA) is 79.1 Å². The molecule has 0 aromatic carbocycles. The van der Waals surface area contributed by atoms with Crippen molar-refractivity contribution in [1.29, 1.82) is 0 Å². The molecule has 0 aliphatic heterocycles. The summed E-state index contributed by atoms with van der Waals surface area (Å²) in [5.74, 6) is 6.97. The monoisotopic (exact) mass is 238 g/mol. The van der Waals surface area contributed by atoms with E-state index in [9.17, 15) is 0 Å². The molecule has 0 unspecified atom stereocenters. The summed E-state index contributed by atoms with van der Waals surface area (Å²) < 4.78 is 0.